The molecule has 0 aliphatic rings. The van der Waals surface area contributed by atoms with E-state index in [1.165, 1.54) is 89.5 Å². The van der Waals surface area contributed by atoms with Gasteiger partial charge < -0.3 is 5.32 Å². The molecule has 0 aliphatic carbocycles. The standard InChI is InChI=1S/C26H42N2OS/c1-2-3-4-5-6-7-8-9-10-11-12-13-14-18-23-27-26(30)28-25(29)22-21-24-19-16-15-17-20-24/h15-17,19-22H,2-14,18,23H2,1H3,(H2,27,28,29,30)/b22-21+. The minimum Gasteiger partial charge on any atom is -0.362 e. The van der Waals surface area contributed by atoms with Crippen molar-refractivity contribution in [3.8, 4) is 0 Å². The molecule has 168 valence electrons. The Morgan fingerprint density at radius 1 is 0.800 bits per heavy atom. The molecule has 0 unspecified atom stereocenters. The number of carbonyl (C=O) groups is 1. The molecule has 0 fully saturated rings. The summed E-state index contributed by atoms with van der Waals surface area (Å²) in [6, 6.07) is 9.75. The molecule has 1 aromatic carbocycles. The van der Waals surface area contributed by atoms with Crippen molar-refractivity contribution in [1.82, 2.24) is 10.6 Å². The largest absolute Gasteiger partial charge is 0.362 e. The maximum atomic E-state index is 11.9. The number of nitrogens with one attached hydrogen (secondary N) is 2. The molecule has 0 spiro atoms. The van der Waals surface area contributed by atoms with Crippen LogP contribution in [0, 0.1) is 0 Å². The molecule has 1 amide bonds. The molecule has 0 saturated heterocycles. The smallest absolute Gasteiger partial charge is 0.250 e. The lowest BCUT2D eigenvalue weighted by atomic mass is 10.0. The van der Waals surface area contributed by atoms with E-state index in [0.717, 1.165) is 18.5 Å². The normalized spacial score (nSPS) is 11.0. The van der Waals surface area contributed by atoms with Crippen LogP contribution in [0.1, 0.15) is 102 Å². The van der Waals surface area contributed by atoms with Crippen LogP contribution in [0.2, 0.25) is 0 Å². The van der Waals surface area contributed by atoms with Gasteiger partial charge in [-0.15, -0.1) is 0 Å². The van der Waals surface area contributed by atoms with Crippen molar-refractivity contribution in [3.05, 3.63) is 42.0 Å². The maximum absolute atomic E-state index is 11.9. The van der Waals surface area contributed by atoms with Crippen LogP contribution >= 0.6 is 12.2 Å². The molecule has 0 atom stereocenters. The van der Waals surface area contributed by atoms with Gasteiger partial charge in [-0.05, 0) is 30.3 Å². The van der Waals surface area contributed by atoms with Crippen LogP contribution < -0.4 is 10.6 Å². The average molecular weight is 431 g/mol. The van der Waals surface area contributed by atoms with E-state index < -0.39 is 0 Å². The molecule has 4 heteroatoms. The Bertz CT molecular complexity index is 586. The minimum atomic E-state index is -0.197. The monoisotopic (exact) mass is 430 g/mol. The molecular formula is C26H42N2OS. The summed E-state index contributed by atoms with van der Waals surface area (Å²) >= 11 is 5.18. The van der Waals surface area contributed by atoms with Crippen molar-refractivity contribution >= 4 is 29.3 Å². The second-order valence-corrected chi connectivity index (χ2v) is 8.49. The lowest BCUT2D eigenvalue weighted by molar-refractivity contribution is -0.115. The highest BCUT2D eigenvalue weighted by Crippen LogP contribution is 2.12. The third-order valence-electron chi connectivity index (χ3n) is 5.28. The lowest BCUT2D eigenvalue weighted by Crippen LogP contribution is -2.38. The van der Waals surface area contributed by atoms with Crippen molar-refractivity contribution < 1.29 is 4.79 Å². The Labute approximate surface area is 190 Å². The molecule has 30 heavy (non-hydrogen) atoms. The van der Waals surface area contributed by atoms with Crippen LogP contribution in [0.15, 0.2) is 36.4 Å². The molecule has 3 nitrogen and oxygen atoms in total. The maximum Gasteiger partial charge on any atom is 0.250 e. The number of unbranched alkanes of at least 4 members (excludes halogenated alkanes) is 13. The summed E-state index contributed by atoms with van der Waals surface area (Å²) in [7, 11) is 0. The molecule has 0 aromatic heterocycles. The second kappa shape index (κ2) is 19.3. The molecule has 1 aromatic rings. The fourth-order valence-corrected chi connectivity index (χ4v) is 3.66. The number of hydrogen-bond donors (Lipinski definition) is 2. The van der Waals surface area contributed by atoms with E-state index >= 15 is 0 Å². The van der Waals surface area contributed by atoms with Gasteiger partial charge in [0, 0.05) is 12.6 Å². The van der Waals surface area contributed by atoms with Gasteiger partial charge in [0.05, 0.1) is 0 Å². The Kier molecular flexibility index (Phi) is 16.9. The summed E-state index contributed by atoms with van der Waals surface area (Å²) in [6.07, 6.45) is 22.3. The van der Waals surface area contributed by atoms with E-state index in [2.05, 4.69) is 17.6 Å². The van der Waals surface area contributed by atoms with Gasteiger partial charge in [-0.1, -0.05) is 121 Å². The molecule has 0 radical (unpaired) electrons. The summed E-state index contributed by atoms with van der Waals surface area (Å²) in [5.74, 6) is -0.197. The molecule has 0 aliphatic heterocycles. The molecule has 0 heterocycles. The first kappa shape index (κ1) is 26.4. The molecule has 0 bridgehead atoms. The Morgan fingerprint density at radius 3 is 1.83 bits per heavy atom. The van der Waals surface area contributed by atoms with E-state index in [1.54, 1.807) is 6.08 Å². The van der Waals surface area contributed by atoms with Crippen LogP contribution in [-0.4, -0.2) is 17.6 Å². The lowest BCUT2D eigenvalue weighted by Gasteiger charge is -2.08. The predicted molar refractivity (Wildman–Crippen MR) is 135 cm³/mol. The Morgan fingerprint density at radius 2 is 1.30 bits per heavy atom. The molecular weight excluding hydrogens is 388 g/mol. The van der Waals surface area contributed by atoms with Crippen LogP contribution in [0.3, 0.4) is 0 Å². The van der Waals surface area contributed by atoms with E-state index in [0.29, 0.717) is 5.11 Å². The fraction of sp³-hybridized carbons (Fsp3) is 0.615. The Balaban J connectivity index is 1.86. The first-order chi connectivity index (χ1) is 14.7. The average Bonchev–Trinajstić information content (AvgIpc) is 2.75. The first-order valence-corrected chi connectivity index (χ1v) is 12.4. The van der Waals surface area contributed by atoms with Crippen LogP contribution in [0.25, 0.3) is 6.08 Å². The molecule has 1 rings (SSSR count). The highest BCUT2D eigenvalue weighted by atomic mass is 32.1. The highest BCUT2D eigenvalue weighted by Gasteiger charge is 2.00. The third-order valence-corrected chi connectivity index (χ3v) is 5.53. The van der Waals surface area contributed by atoms with E-state index in [-0.39, 0.29) is 5.91 Å². The van der Waals surface area contributed by atoms with Gasteiger partial charge in [0.25, 0.3) is 0 Å². The number of hydrogen-bond acceptors (Lipinski definition) is 2. The quantitative estimate of drug-likeness (QED) is 0.156. The van der Waals surface area contributed by atoms with Crippen LogP contribution in [0.5, 0.6) is 0 Å². The Hall–Kier alpha value is -1.68. The zero-order valence-electron chi connectivity index (χ0n) is 19.0. The summed E-state index contributed by atoms with van der Waals surface area (Å²) < 4.78 is 0. The number of amides is 1. The summed E-state index contributed by atoms with van der Waals surface area (Å²) in [4.78, 5) is 11.9. The van der Waals surface area contributed by atoms with E-state index in [1.807, 2.05) is 30.3 Å². The van der Waals surface area contributed by atoms with E-state index in [9.17, 15) is 4.79 Å². The van der Waals surface area contributed by atoms with E-state index in [4.69, 9.17) is 12.2 Å². The van der Waals surface area contributed by atoms with Crippen LogP contribution in [-0.2, 0) is 4.79 Å². The van der Waals surface area contributed by atoms with Gasteiger partial charge in [0.2, 0.25) is 5.91 Å². The summed E-state index contributed by atoms with van der Waals surface area (Å²) in [5.41, 5.74) is 0.994. The van der Waals surface area contributed by atoms with Crippen molar-refractivity contribution in [2.24, 2.45) is 0 Å². The zero-order valence-corrected chi connectivity index (χ0v) is 19.8. The van der Waals surface area contributed by atoms with Gasteiger partial charge in [-0.2, -0.15) is 0 Å². The van der Waals surface area contributed by atoms with Gasteiger partial charge in [-0.3, -0.25) is 10.1 Å². The van der Waals surface area contributed by atoms with Crippen molar-refractivity contribution in [3.63, 3.8) is 0 Å². The highest BCUT2D eigenvalue weighted by molar-refractivity contribution is 7.80. The topological polar surface area (TPSA) is 41.1 Å². The SMILES string of the molecule is CCCCCCCCCCCCCCCCNC(=S)NC(=O)/C=C/c1ccccc1. The molecule has 2 N–H and O–H groups in total. The number of rotatable bonds is 17. The minimum absolute atomic E-state index is 0.197. The molecule has 0 saturated carbocycles. The predicted octanol–water partition coefficient (Wildman–Crippen LogP) is 7.17. The zero-order chi connectivity index (χ0) is 21.7. The number of carbonyl (C=O) groups excluding carboxylic acids is 1. The van der Waals surface area contributed by atoms with Gasteiger partial charge in [-0.25, -0.2) is 0 Å². The number of thiocarbonyl (C=S) groups is 1. The first-order valence-electron chi connectivity index (χ1n) is 12.0. The van der Waals surface area contributed by atoms with Gasteiger partial charge >= 0.3 is 0 Å². The summed E-state index contributed by atoms with van der Waals surface area (Å²) in [5, 5.41) is 6.22. The third kappa shape index (κ3) is 16.2. The van der Waals surface area contributed by atoms with Crippen LogP contribution in [0.4, 0.5) is 0 Å². The van der Waals surface area contributed by atoms with Crippen molar-refractivity contribution in [1.29, 1.82) is 0 Å². The number of benzene rings is 1. The van der Waals surface area contributed by atoms with Gasteiger partial charge in [0.15, 0.2) is 5.11 Å². The fourth-order valence-electron chi connectivity index (χ4n) is 3.46. The summed E-state index contributed by atoms with van der Waals surface area (Å²) in [6.45, 7) is 3.09. The van der Waals surface area contributed by atoms with Gasteiger partial charge in [0.1, 0.15) is 0 Å². The van der Waals surface area contributed by atoms with Crippen molar-refractivity contribution in [2.75, 3.05) is 6.54 Å². The van der Waals surface area contributed by atoms with Crippen molar-refractivity contribution in [2.45, 2.75) is 96.8 Å². The second-order valence-electron chi connectivity index (χ2n) is 8.09.